The van der Waals surface area contributed by atoms with Gasteiger partial charge in [0, 0.05) is 7.11 Å². The summed E-state index contributed by atoms with van der Waals surface area (Å²) in [5, 5.41) is 0. The largest absolute Gasteiger partial charge is 0.460 e. The molecule has 0 radical (unpaired) electrons. The van der Waals surface area contributed by atoms with Gasteiger partial charge in [0.15, 0.2) is 6.10 Å². The van der Waals surface area contributed by atoms with Gasteiger partial charge in [-0.1, -0.05) is 0 Å². The number of methoxy groups -OCH3 is 1. The highest BCUT2D eigenvalue weighted by atomic mass is 19.4. The van der Waals surface area contributed by atoms with E-state index in [0.717, 1.165) is 7.11 Å². The highest BCUT2D eigenvalue weighted by Gasteiger charge is 2.47. The van der Waals surface area contributed by atoms with E-state index in [1.165, 1.54) is 0 Å². The molecule has 0 bridgehead atoms. The van der Waals surface area contributed by atoms with Crippen LogP contribution in [0.1, 0.15) is 12.8 Å². The molecule has 1 saturated carbocycles. The number of esters is 1. The average Bonchev–Trinajstić information content (AvgIpc) is 2.87. The van der Waals surface area contributed by atoms with Crippen LogP contribution in [0.15, 0.2) is 0 Å². The summed E-state index contributed by atoms with van der Waals surface area (Å²) in [6.07, 6.45) is -5.36. The quantitative estimate of drug-likeness (QED) is 0.714. The number of nitrogens with two attached hydrogens (primary N) is 1. The molecular weight excluding hydrogens is 215 g/mol. The van der Waals surface area contributed by atoms with Crippen molar-refractivity contribution in [3.8, 4) is 0 Å². The molecule has 7 heteroatoms. The Labute approximate surface area is 84.5 Å². The lowest BCUT2D eigenvalue weighted by molar-refractivity contribution is -0.190. The van der Waals surface area contributed by atoms with Crippen molar-refractivity contribution in [3.63, 3.8) is 0 Å². The molecule has 0 heterocycles. The molecule has 1 aliphatic rings. The number of alkyl halides is 3. The van der Waals surface area contributed by atoms with Gasteiger partial charge < -0.3 is 15.2 Å². The third-order valence-electron chi connectivity index (χ3n) is 2.00. The molecule has 4 nitrogen and oxygen atoms in total. The lowest BCUT2D eigenvalue weighted by Gasteiger charge is -2.22. The molecule has 0 aromatic rings. The van der Waals surface area contributed by atoms with E-state index < -0.39 is 24.3 Å². The van der Waals surface area contributed by atoms with Crippen molar-refractivity contribution < 1.29 is 27.4 Å². The van der Waals surface area contributed by atoms with Gasteiger partial charge in [-0.15, -0.1) is 0 Å². The molecule has 0 aromatic heterocycles. The van der Waals surface area contributed by atoms with Crippen molar-refractivity contribution in [2.24, 2.45) is 5.73 Å². The van der Waals surface area contributed by atoms with Crippen molar-refractivity contribution in [2.45, 2.75) is 37.3 Å². The van der Waals surface area contributed by atoms with Crippen LogP contribution < -0.4 is 5.73 Å². The van der Waals surface area contributed by atoms with Crippen molar-refractivity contribution >= 4 is 5.97 Å². The molecule has 0 amide bonds. The highest BCUT2D eigenvalue weighted by molar-refractivity contribution is 5.76. The molecule has 88 valence electrons. The summed E-state index contributed by atoms with van der Waals surface area (Å²) >= 11 is 0. The maximum atomic E-state index is 12.2. The summed E-state index contributed by atoms with van der Waals surface area (Å²) < 4.78 is 45.7. The molecule has 1 aliphatic carbocycles. The Kier molecular flexibility index (Phi) is 3.56. The Hall–Kier alpha value is -0.820. The normalized spacial score (nSPS) is 20.9. The van der Waals surface area contributed by atoms with Gasteiger partial charge in [0.25, 0.3) is 0 Å². The van der Waals surface area contributed by atoms with E-state index >= 15 is 0 Å². The summed E-state index contributed by atoms with van der Waals surface area (Å²) in [6.45, 7) is 0. The fraction of sp³-hybridized carbons (Fsp3) is 0.875. The van der Waals surface area contributed by atoms with Gasteiger partial charge in [-0.25, -0.2) is 4.79 Å². The number of rotatable bonds is 4. The summed E-state index contributed by atoms with van der Waals surface area (Å²) in [7, 11) is 0.991. The summed E-state index contributed by atoms with van der Waals surface area (Å²) in [5.74, 6) is -1.05. The molecule has 0 spiro atoms. The van der Waals surface area contributed by atoms with Crippen LogP contribution in [-0.2, 0) is 14.3 Å². The van der Waals surface area contributed by atoms with Crippen LogP contribution in [0.4, 0.5) is 13.2 Å². The maximum absolute atomic E-state index is 12.2. The predicted octanol–water partition coefficient (Wildman–Crippen LogP) is 0.597. The molecule has 0 aliphatic heterocycles. The fourth-order valence-corrected chi connectivity index (χ4v) is 0.978. The van der Waals surface area contributed by atoms with Crippen LogP contribution in [0.3, 0.4) is 0 Å². The summed E-state index contributed by atoms with van der Waals surface area (Å²) in [5.41, 5.74) is 4.85. The standard InChI is InChI=1S/C8H12F3NO3/c1-14-5(6(12)8(9,10)11)7(13)15-4-2-3-4/h4-6H,2-3,12H2,1H3/t5-,6-/m1/s1. The first kappa shape index (κ1) is 12.3. The number of hydrogen-bond donors (Lipinski definition) is 1. The second-order valence-corrected chi connectivity index (χ2v) is 3.36. The molecule has 1 fully saturated rings. The van der Waals surface area contributed by atoms with Crippen molar-refractivity contribution in [1.82, 2.24) is 0 Å². The van der Waals surface area contributed by atoms with Crippen LogP contribution in [0.25, 0.3) is 0 Å². The van der Waals surface area contributed by atoms with E-state index in [1.807, 2.05) is 0 Å². The van der Waals surface area contributed by atoms with Crippen LogP contribution >= 0.6 is 0 Å². The first-order valence-corrected chi connectivity index (χ1v) is 4.42. The van der Waals surface area contributed by atoms with Gasteiger partial charge in [0.2, 0.25) is 0 Å². The van der Waals surface area contributed by atoms with Crippen molar-refractivity contribution in [3.05, 3.63) is 0 Å². The Morgan fingerprint density at radius 2 is 2.00 bits per heavy atom. The molecule has 0 saturated heterocycles. The van der Waals surface area contributed by atoms with Gasteiger partial charge in [0.05, 0.1) is 0 Å². The number of carbonyl (C=O) groups is 1. The molecule has 0 unspecified atom stereocenters. The van der Waals surface area contributed by atoms with Crippen LogP contribution in [0.5, 0.6) is 0 Å². The zero-order valence-electron chi connectivity index (χ0n) is 8.08. The number of carbonyl (C=O) groups excluding carboxylic acids is 1. The minimum Gasteiger partial charge on any atom is -0.460 e. The Balaban J connectivity index is 2.56. The number of hydrogen-bond acceptors (Lipinski definition) is 4. The van der Waals surface area contributed by atoms with Gasteiger partial charge in [-0.3, -0.25) is 0 Å². The van der Waals surface area contributed by atoms with Gasteiger partial charge in [-0.05, 0) is 12.8 Å². The summed E-state index contributed by atoms with van der Waals surface area (Å²) in [4.78, 5) is 11.2. The lowest BCUT2D eigenvalue weighted by Crippen LogP contribution is -2.52. The minimum atomic E-state index is -4.68. The lowest BCUT2D eigenvalue weighted by atomic mass is 10.1. The third kappa shape index (κ3) is 3.35. The predicted molar refractivity (Wildman–Crippen MR) is 43.9 cm³/mol. The molecule has 0 aromatic carbocycles. The molecule has 2 atom stereocenters. The Morgan fingerprint density at radius 1 is 1.47 bits per heavy atom. The van der Waals surface area contributed by atoms with E-state index in [4.69, 9.17) is 5.73 Å². The zero-order chi connectivity index (χ0) is 11.6. The summed E-state index contributed by atoms with van der Waals surface area (Å²) in [6, 6.07) is -2.35. The molecule has 2 N–H and O–H groups in total. The van der Waals surface area contributed by atoms with Crippen molar-refractivity contribution in [2.75, 3.05) is 7.11 Å². The SMILES string of the molecule is CO[C@@H](C(=O)OC1CC1)[C@@H](N)C(F)(F)F. The fourth-order valence-electron chi connectivity index (χ4n) is 0.978. The Bertz CT molecular complexity index is 240. The minimum absolute atomic E-state index is 0.268. The highest BCUT2D eigenvalue weighted by Crippen LogP contribution is 2.27. The van der Waals surface area contributed by atoms with Crippen molar-refractivity contribution in [1.29, 1.82) is 0 Å². The van der Waals surface area contributed by atoms with E-state index in [9.17, 15) is 18.0 Å². The second-order valence-electron chi connectivity index (χ2n) is 3.36. The third-order valence-corrected chi connectivity index (χ3v) is 2.00. The smallest absolute Gasteiger partial charge is 0.406 e. The molecule has 1 rings (SSSR count). The number of ether oxygens (including phenoxy) is 2. The maximum Gasteiger partial charge on any atom is 0.406 e. The molecule has 15 heavy (non-hydrogen) atoms. The van der Waals surface area contributed by atoms with E-state index in [0.29, 0.717) is 12.8 Å². The second kappa shape index (κ2) is 4.36. The van der Waals surface area contributed by atoms with Gasteiger partial charge in [-0.2, -0.15) is 13.2 Å². The topological polar surface area (TPSA) is 61.5 Å². The monoisotopic (exact) mass is 227 g/mol. The Morgan fingerprint density at radius 3 is 2.33 bits per heavy atom. The van der Waals surface area contributed by atoms with E-state index in [2.05, 4.69) is 9.47 Å². The molecular formula is C8H12F3NO3. The zero-order valence-corrected chi connectivity index (χ0v) is 8.08. The number of halogens is 3. The van der Waals surface area contributed by atoms with Gasteiger partial charge >= 0.3 is 12.1 Å². The van der Waals surface area contributed by atoms with Gasteiger partial charge in [0.1, 0.15) is 12.1 Å². The average molecular weight is 227 g/mol. The first-order valence-electron chi connectivity index (χ1n) is 4.42. The van der Waals surface area contributed by atoms with Crippen LogP contribution in [0.2, 0.25) is 0 Å². The van der Waals surface area contributed by atoms with Crippen LogP contribution in [0, 0.1) is 0 Å². The van der Waals surface area contributed by atoms with E-state index in [1.54, 1.807) is 0 Å². The van der Waals surface area contributed by atoms with Crippen LogP contribution in [-0.4, -0.2) is 37.5 Å². The first-order chi connectivity index (χ1) is 6.86. The van der Waals surface area contributed by atoms with E-state index in [-0.39, 0.29) is 6.10 Å².